The Kier molecular flexibility index (Phi) is 2.98. The average Bonchev–Trinajstić information content (AvgIpc) is 2.26. The van der Waals surface area contributed by atoms with Crippen LogP contribution in [0.5, 0.6) is 0 Å². The summed E-state index contributed by atoms with van der Waals surface area (Å²) < 4.78 is 0. The molecule has 1 rings (SSSR count). The molecule has 0 saturated heterocycles. The maximum Gasteiger partial charge on any atom is 0.0999 e. The Morgan fingerprint density at radius 1 is 1.55 bits per heavy atom. The van der Waals surface area contributed by atoms with E-state index in [4.69, 9.17) is 0 Å². The molecule has 0 bridgehead atoms. The van der Waals surface area contributed by atoms with Crippen LogP contribution < -0.4 is 0 Å². The van der Waals surface area contributed by atoms with Gasteiger partial charge in [0.25, 0.3) is 0 Å². The number of thiazole rings is 1. The summed E-state index contributed by atoms with van der Waals surface area (Å²) in [6.07, 6.45) is 0. The number of aromatic nitrogens is 1. The molecule has 0 unspecified atom stereocenters. The van der Waals surface area contributed by atoms with Crippen LogP contribution >= 0.6 is 24.0 Å². The summed E-state index contributed by atoms with van der Waals surface area (Å²) in [6, 6.07) is 0. The molecular weight excluding hydrogens is 174 g/mol. The van der Waals surface area contributed by atoms with Crippen LogP contribution in [0.2, 0.25) is 0 Å². The number of hydrogen-bond donors (Lipinski definition) is 1. The van der Waals surface area contributed by atoms with Crippen LogP contribution in [0.3, 0.4) is 0 Å². The molecule has 0 aliphatic carbocycles. The van der Waals surface area contributed by atoms with Crippen molar-refractivity contribution in [1.29, 1.82) is 0 Å². The van der Waals surface area contributed by atoms with Crippen LogP contribution in [-0.2, 0) is 0 Å². The van der Waals surface area contributed by atoms with Crippen molar-refractivity contribution >= 4 is 24.0 Å². The molecule has 0 aliphatic rings. The van der Waals surface area contributed by atoms with Gasteiger partial charge in [0.05, 0.1) is 21.3 Å². The van der Waals surface area contributed by atoms with Gasteiger partial charge in [-0.05, 0) is 13.8 Å². The molecule has 11 heavy (non-hydrogen) atoms. The summed E-state index contributed by atoms with van der Waals surface area (Å²) in [5.41, 5.74) is 1.03. The predicted molar refractivity (Wildman–Crippen MR) is 52.3 cm³/mol. The van der Waals surface area contributed by atoms with E-state index in [9.17, 15) is 0 Å². The zero-order valence-corrected chi connectivity index (χ0v) is 8.22. The van der Waals surface area contributed by atoms with Crippen molar-refractivity contribution in [2.45, 2.75) is 13.8 Å². The maximum absolute atomic E-state index is 4.26. The first kappa shape index (κ1) is 8.63. The zero-order valence-electron chi connectivity index (χ0n) is 6.51. The second-order valence-electron chi connectivity index (χ2n) is 2.11. The summed E-state index contributed by atoms with van der Waals surface area (Å²) in [5, 5.41) is 1.07. The SMILES string of the molecule is Cc1nc(C)c(C#CCS)s1. The molecule has 0 N–H and O–H groups in total. The Bertz CT molecular complexity index is 304. The van der Waals surface area contributed by atoms with E-state index in [2.05, 4.69) is 29.5 Å². The Hall–Kier alpha value is -0.460. The van der Waals surface area contributed by atoms with E-state index >= 15 is 0 Å². The average molecular weight is 183 g/mol. The minimum Gasteiger partial charge on any atom is -0.246 e. The smallest absolute Gasteiger partial charge is 0.0999 e. The third-order valence-electron chi connectivity index (χ3n) is 1.18. The lowest BCUT2D eigenvalue weighted by Crippen LogP contribution is -1.74. The molecule has 1 aromatic rings. The van der Waals surface area contributed by atoms with Gasteiger partial charge in [-0.2, -0.15) is 12.6 Å². The molecule has 3 heteroatoms. The minimum atomic E-state index is 0.608. The van der Waals surface area contributed by atoms with Crippen molar-refractivity contribution in [1.82, 2.24) is 4.98 Å². The number of nitrogens with zero attached hydrogens (tertiary/aromatic N) is 1. The molecule has 58 valence electrons. The monoisotopic (exact) mass is 183 g/mol. The highest BCUT2D eigenvalue weighted by molar-refractivity contribution is 7.80. The third-order valence-corrected chi connectivity index (χ3v) is 2.33. The molecule has 0 saturated carbocycles. The largest absolute Gasteiger partial charge is 0.246 e. The summed E-state index contributed by atoms with van der Waals surface area (Å²) in [4.78, 5) is 5.32. The molecule has 0 radical (unpaired) electrons. The molecule has 0 aliphatic heterocycles. The number of aryl methyl sites for hydroxylation is 2. The van der Waals surface area contributed by atoms with Crippen LogP contribution in [-0.4, -0.2) is 10.7 Å². The minimum absolute atomic E-state index is 0.608. The maximum atomic E-state index is 4.26. The van der Waals surface area contributed by atoms with E-state index in [0.29, 0.717) is 5.75 Å². The van der Waals surface area contributed by atoms with Gasteiger partial charge in [0.15, 0.2) is 0 Å². The Morgan fingerprint density at radius 2 is 2.27 bits per heavy atom. The first-order valence-corrected chi connectivity index (χ1v) is 4.72. The highest BCUT2D eigenvalue weighted by Crippen LogP contribution is 2.14. The van der Waals surface area contributed by atoms with Gasteiger partial charge in [0, 0.05) is 0 Å². The van der Waals surface area contributed by atoms with Gasteiger partial charge >= 0.3 is 0 Å². The van der Waals surface area contributed by atoms with Crippen molar-refractivity contribution in [3.63, 3.8) is 0 Å². The van der Waals surface area contributed by atoms with E-state index < -0.39 is 0 Å². The Morgan fingerprint density at radius 3 is 2.73 bits per heavy atom. The van der Waals surface area contributed by atoms with Gasteiger partial charge in [-0.25, -0.2) is 4.98 Å². The highest BCUT2D eigenvalue weighted by Gasteiger charge is 1.99. The van der Waals surface area contributed by atoms with Gasteiger partial charge in [0.2, 0.25) is 0 Å². The molecular formula is C8H9NS2. The van der Waals surface area contributed by atoms with E-state index in [0.717, 1.165) is 15.6 Å². The van der Waals surface area contributed by atoms with Crippen molar-refractivity contribution in [3.05, 3.63) is 15.6 Å². The second-order valence-corrected chi connectivity index (χ2v) is 3.63. The quantitative estimate of drug-likeness (QED) is 0.480. The lowest BCUT2D eigenvalue weighted by Gasteiger charge is -1.79. The van der Waals surface area contributed by atoms with Crippen molar-refractivity contribution in [3.8, 4) is 11.8 Å². The molecule has 0 amide bonds. The third kappa shape index (κ3) is 2.25. The summed E-state index contributed by atoms with van der Waals surface area (Å²) in [5.74, 6) is 6.52. The van der Waals surface area contributed by atoms with Crippen LogP contribution in [0.4, 0.5) is 0 Å². The lowest BCUT2D eigenvalue weighted by molar-refractivity contribution is 1.19. The molecule has 0 spiro atoms. The summed E-state index contributed by atoms with van der Waals surface area (Å²) >= 11 is 5.64. The lowest BCUT2D eigenvalue weighted by atomic mass is 10.4. The summed E-state index contributed by atoms with van der Waals surface area (Å²) in [6.45, 7) is 3.97. The second kappa shape index (κ2) is 3.80. The number of thiol groups is 1. The standard InChI is InChI=1S/C8H9NS2/c1-6-8(4-3-5-10)11-7(2)9-6/h10H,5H2,1-2H3. The first-order chi connectivity index (χ1) is 5.24. The fourth-order valence-electron chi connectivity index (χ4n) is 0.767. The molecule has 1 nitrogen and oxygen atoms in total. The van der Waals surface area contributed by atoms with Gasteiger partial charge in [-0.3, -0.25) is 0 Å². The fourth-order valence-corrected chi connectivity index (χ4v) is 1.64. The van der Waals surface area contributed by atoms with Crippen LogP contribution in [0.25, 0.3) is 0 Å². The van der Waals surface area contributed by atoms with Crippen molar-refractivity contribution < 1.29 is 0 Å². The van der Waals surface area contributed by atoms with Crippen LogP contribution in [0.15, 0.2) is 0 Å². The Labute approximate surface area is 76.3 Å². The van der Waals surface area contributed by atoms with E-state index in [1.54, 1.807) is 11.3 Å². The topological polar surface area (TPSA) is 12.9 Å². The molecule has 1 aromatic heterocycles. The molecule has 1 heterocycles. The van der Waals surface area contributed by atoms with Gasteiger partial charge in [-0.1, -0.05) is 11.8 Å². The predicted octanol–water partition coefficient (Wildman–Crippen LogP) is 2.04. The molecule has 0 atom stereocenters. The van der Waals surface area contributed by atoms with Gasteiger partial charge in [-0.15, -0.1) is 11.3 Å². The van der Waals surface area contributed by atoms with Crippen molar-refractivity contribution in [2.24, 2.45) is 0 Å². The van der Waals surface area contributed by atoms with E-state index in [-0.39, 0.29) is 0 Å². The van der Waals surface area contributed by atoms with Gasteiger partial charge in [0.1, 0.15) is 0 Å². The van der Waals surface area contributed by atoms with E-state index in [1.165, 1.54) is 0 Å². The fraction of sp³-hybridized carbons (Fsp3) is 0.375. The summed E-state index contributed by atoms with van der Waals surface area (Å²) in [7, 11) is 0. The highest BCUT2D eigenvalue weighted by atomic mass is 32.1. The normalized spacial score (nSPS) is 9.00. The number of hydrogen-bond acceptors (Lipinski definition) is 3. The number of rotatable bonds is 0. The van der Waals surface area contributed by atoms with Crippen LogP contribution in [0, 0.1) is 25.7 Å². The van der Waals surface area contributed by atoms with Crippen LogP contribution in [0.1, 0.15) is 15.6 Å². The Balaban J connectivity index is 2.94. The van der Waals surface area contributed by atoms with Gasteiger partial charge < -0.3 is 0 Å². The molecule has 0 aromatic carbocycles. The van der Waals surface area contributed by atoms with E-state index in [1.807, 2.05) is 13.8 Å². The van der Waals surface area contributed by atoms with Crippen molar-refractivity contribution in [2.75, 3.05) is 5.75 Å². The first-order valence-electron chi connectivity index (χ1n) is 3.28. The zero-order chi connectivity index (χ0) is 8.27. The molecule has 0 fully saturated rings.